The summed E-state index contributed by atoms with van der Waals surface area (Å²) in [5.41, 5.74) is 4.54. The van der Waals surface area contributed by atoms with Gasteiger partial charge >= 0.3 is 0 Å². The fourth-order valence-electron chi connectivity index (χ4n) is 6.00. The largest absolute Gasteiger partial charge is 0.453 e. The summed E-state index contributed by atoms with van der Waals surface area (Å²) in [5, 5.41) is 4.01. The van der Waals surface area contributed by atoms with Crippen molar-refractivity contribution in [3.8, 4) is 22.3 Å². The molecule has 0 bridgehead atoms. The molecule has 9 aromatic rings. The van der Waals surface area contributed by atoms with E-state index in [1.165, 1.54) is 0 Å². The molecule has 3 heteroatoms. The highest BCUT2D eigenvalue weighted by atomic mass is 32.1. The van der Waals surface area contributed by atoms with Crippen LogP contribution in [0, 0.1) is 0 Å². The Bertz CT molecular complexity index is 2880. The van der Waals surface area contributed by atoms with E-state index in [1.54, 1.807) is 35.6 Å². The van der Waals surface area contributed by atoms with Gasteiger partial charge in [-0.1, -0.05) is 115 Å². The van der Waals surface area contributed by atoms with Gasteiger partial charge in [-0.05, 0) is 70.8 Å². The molecule has 0 spiro atoms. The Morgan fingerprint density at radius 3 is 1.69 bits per heavy atom. The van der Waals surface area contributed by atoms with Gasteiger partial charge in [0, 0.05) is 42.3 Å². The standard InChI is InChI=1S/C42H27NOS/c1-3-10-28(11-4-1)30-18-22-32(23-19-30)43(33-24-20-31(21-25-33)29-12-5-2-6-13-29)37-16-9-15-34-35-26-27-39-40(42(35)44-41(34)37)36-14-7-8-17-38(36)45-39/h1-27H/i1D,2D,3D,4D,5D,6D,10D,11D,12D,13D. The van der Waals surface area contributed by atoms with E-state index in [4.69, 9.17) is 18.1 Å². The Kier molecular flexibility index (Phi) is 4.11. The molecular formula is C42H27NOS. The molecule has 2 aromatic heterocycles. The molecule has 0 fully saturated rings. The van der Waals surface area contributed by atoms with Crippen LogP contribution in [0.5, 0.6) is 0 Å². The van der Waals surface area contributed by atoms with Crippen LogP contribution in [0.15, 0.2) is 168 Å². The summed E-state index contributed by atoms with van der Waals surface area (Å²) in [6, 6.07) is 28.7. The lowest BCUT2D eigenvalue weighted by atomic mass is 10.0. The number of para-hydroxylation sites is 1. The van der Waals surface area contributed by atoms with E-state index in [2.05, 4.69) is 24.3 Å². The van der Waals surface area contributed by atoms with E-state index in [9.17, 15) is 0 Å². The maximum atomic E-state index is 8.52. The average Bonchev–Trinajstić information content (AvgIpc) is 3.78. The maximum Gasteiger partial charge on any atom is 0.159 e. The average molecular weight is 604 g/mol. The van der Waals surface area contributed by atoms with Crippen molar-refractivity contribution in [1.29, 1.82) is 0 Å². The number of fused-ring (bicyclic) bond motifs is 7. The van der Waals surface area contributed by atoms with Crippen molar-refractivity contribution < 1.29 is 18.1 Å². The van der Waals surface area contributed by atoms with Crippen molar-refractivity contribution >= 4 is 70.5 Å². The highest BCUT2D eigenvalue weighted by Gasteiger charge is 2.21. The molecule has 2 heterocycles. The van der Waals surface area contributed by atoms with Crippen LogP contribution in [0.3, 0.4) is 0 Å². The number of hydrogen-bond donors (Lipinski definition) is 0. The summed E-state index contributed by atoms with van der Waals surface area (Å²) in [7, 11) is 0. The number of anilines is 3. The predicted molar refractivity (Wildman–Crippen MR) is 192 cm³/mol. The smallest absolute Gasteiger partial charge is 0.159 e. The van der Waals surface area contributed by atoms with Crippen LogP contribution >= 0.6 is 11.3 Å². The second-order valence-corrected chi connectivity index (χ2v) is 11.7. The zero-order valence-corrected chi connectivity index (χ0v) is 24.4. The van der Waals surface area contributed by atoms with E-state index in [0.717, 1.165) is 36.5 Å². The fourth-order valence-corrected chi connectivity index (χ4v) is 7.10. The lowest BCUT2D eigenvalue weighted by Crippen LogP contribution is -2.10. The van der Waals surface area contributed by atoms with Crippen LogP contribution < -0.4 is 4.90 Å². The molecule has 0 unspecified atom stereocenters. The summed E-state index contributed by atoms with van der Waals surface area (Å²) < 4.78 is 92.0. The minimum atomic E-state index is -0.458. The molecule has 0 amide bonds. The van der Waals surface area contributed by atoms with E-state index in [1.807, 2.05) is 59.5 Å². The van der Waals surface area contributed by atoms with Crippen LogP contribution in [0.2, 0.25) is 0 Å². The van der Waals surface area contributed by atoms with E-state index in [0.29, 0.717) is 33.8 Å². The third-order valence-electron chi connectivity index (χ3n) is 8.05. The Morgan fingerprint density at radius 2 is 1.04 bits per heavy atom. The van der Waals surface area contributed by atoms with Crippen molar-refractivity contribution in [1.82, 2.24) is 0 Å². The minimum Gasteiger partial charge on any atom is -0.453 e. The first-order valence-electron chi connectivity index (χ1n) is 19.4. The number of thiophene rings is 1. The molecule has 0 atom stereocenters. The zero-order valence-electron chi connectivity index (χ0n) is 33.6. The monoisotopic (exact) mass is 603 g/mol. The van der Waals surface area contributed by atoms with Crippen molar-refractivity contribution in [2.75, 3.05) is 4.90 Å². The SMILES string of the molecule is [2H]c1c([2H])c([2H])c(-c2ccc(N(c3ccc(-c4c([2H])c([2H])c([2H])c([2H])c4[2H])cc3)c3cccc4c3oc3c4ccc4sc5ccccc5c43)cc2)c([2H])c1[2H]. The molecule has 2 nitrogen and oxygen atoms in total. The molecule has 0 saturated carbocycles. The summed E-state index contributed by atoms with van der Waals surface area (Å²) in [4.78, 5) is 1.98. The van der Waals surface area contributed by atoms with Crippen LogP contribution in [0.4, 0.5) is 17.1 Å². The van der Waals surface area contributed by atoms with Gasteiger partial charge in [-0.25, -0.2) is 0 Å². The van der Waals surface area contributed by atoms with Crippen LogP contribution in [0.1, 0.15) is 13.7 Å². The Hall–Kier alpha value is -5.64. The third kappa shape index (κ3) is 4.32. The Labute approximate surface area is 279 Å². The molecule has 0 saturated heterocycles. The van der Waals surface area contributed by atoms with Gasteiger partial charge < -0.3 is 9.32 Å². The van der Waals surface area contributed by atoms with Gasteiger partial charge in [0.2, 0.25) is 0 Å². The lowest BCUT2D eigenvalue weighted by molar-refractivity contribution is 0.673. The number of nitrogens with zero attached hydrogens (tertiary/aromatic N) is 1. The van der Waals surface area contributed by atoms with Crippen molar-refractivity contribution in [3.05, 3.63) is 164 Å². The first-order valence-corrected chi connectivity index (χ1v) is 15.2. The Morgan fingerprint density at radius 1 is 0.467 bits per heavy atom. The molecule has 212 valence electrons. The van der Waals surface area contributed by atoms with Gasteiger partial charge in [-0.2, -0.15) is 0 Å². The first kappa shape index (κ1) is 17.6. The summed E-state index contributed by atoms with van der Waals surface area (Å²) in [6.45, 7) is 0. The van der Waals surface area contributed by atoms with Crippen molar-refractivity contribution in [3.63, 3.8) is 0 Å². The minimum absolute atomic E-state index is 0.0958. The second-order valence-electron chi connectivity index (χ2n) is 10.6. The molecule has 0 aliphatic rings. The highest BCUT2D eigenvalue weighted by molar-refractivity contribution is 7.26. The molecule has 0 N–H and O–H groups in total. The van der Waals surface area contributed by atoms with Gasteiger partial charge in [-0.15, -0.1) is 11.3 Å². The van der Waals surface area contributed by atoms with Gasteiger partial charge in [0.15, 0.2) is 5.58 Å². The van der Waals surface area contributed by atoms with E-state index in [-0.39, 0.29) is 35.3 Å². The van der Waals surface area contributed by atoms with Gasteiger partial charge in [0.1, 0.15) is 5.58 Å². The van der Waals surface area contributed by atoms with Crippen molar-refractivity contribution in [2.45, 2.75) is 0 Å². The summed E-state index contributed by atoms with van der Waals surface area (Å²) >= 11 is 1.71. The lowest BCUT2D eigenvalue weighted by Gasteiger charge is -2.26. The molecule has 0 aliphatic carbocycles. The number of hydrogen-bond acceptors (Lipinski definition) is 3. The van der Waals surface area contributed by atoms with Gasteiger partial charge in [-0.3, -0.25) is 0 Å². The Balaban J connectivity index is 1.25. The zero-order chi connectivity index (χ0) is 38.4. The summed E-state index contributed by atoms with van der Waals surface area (Å²) in [6.07, 6.45) is 0. The molecule has 45 heavy (non-hydrogen) atoms. The molecule has 0 radical (unpaired) electrons. The number of furan rings is 1. The fraction of sp³-hybridized carbons (Fsp3) is 0. The van der Waals surface area contributed by atoms with E-state index < -0.39 is 36.3 Å². The predicted octanol–water partition coefficient (Wildman–Crippen LogP) is 12.8. The normalized spacial score (nSPS) is 14.7. The van der Waals surface area contributed by atoms with Gasteiger partial charge in [0.05, 0.1) is 19.4 Å². The first-order chi connectivity index (χ1) is 26.5. The van der Waals surface area contributed by atoms with Gasteiger partial charge in [0.25, 0.3) is 0 Å². The highest BCUT2D eigenvalue weighted by Crippen LogP contribution is 2.46. The molecule has 0 aliphatic heterocycles. The van der Waals surface area contributed by atoms with E-state index >= 15 is 0 Å². The van der Waals surface area contributed by atoms with Crippen LogP contribution in [0.25, 0.3) is 64.4 Å². The molecule has 7 aromatic carbocycles. The number of rotatable bonds is 5. The quantitative estimate of drug-likeness (QED) is 0.195. The molecule has 9 rings (SSSR count). The summed E-state index contributed by atoms with van der Waals surface area (Å²) in [5.74, 6) is 0. The topological polar surface area (TPSA) is 16.4 Å². The second kappa shape index (κ2) is 10.5. The van der Waals surface area contributed by atoms with Crippen LogP contribution in [-0.2, 0) is 0 Å². The maximum absolute atomic E-state index is 8.52. The number of benzene rings is 7. The van der Waals surface area contributed by atoms with Crippen LogP contribution in [-0.4, -0.2) is 0 Å². The molecular weight excluding hydrogens is 567 g/mol. The van der Waals surface area contributed by atoms with Crippen molar-refractivity contribution in [2.24, 2.45) is 0 Å². The third-order valence-corrected chi connectivity index (χ3v) is 9.19.